The normalized spacial score (nSPS) is 19.7. The number of piperidine rings is 1. The van der Waals surface area contributed by atoms with Gasteiger partial charge in [-0.2, -0.15) is 0 Å². The SMILES string of the molecule is O=C(C1CC(=O)N(c2ccc(F)cc2F)C1)N1CCC(Oc2ccc(F)cc2F)CC1. The van der Waals surface area contributed by atoms with Gasteiger partial charge in [-0.05, 0) is 24.3 Å². The van der Waals surface area contributed by atoms with Crippen molar-refractivity contribution in [3.8, 4) is 5.75 Å². The highest BCUT2D eigenvalue weighted by molar-refractivity contribution is 6.00. The third kappa shape index (κ3) is 4.50. The number of likely N-dealkylation sites (tertiary alicyclic amines) is 1. The lowest BCUT2D eigenvalue weighted by molar-refractivity contribution is -0.137. The Hall–Kier alpha value is -3.10. The zero-order chi connectivity index (χ0) is 22.1. The molecule has 0 spiro atoms. The summed E-state index contributed by atoms with van der Waals surface area (Å²) in [7, 11) is 0. The van der Waals surface area contributed by atoms with Crippen LogP contribution in [-0.4, -0.2) is 42.5 Å². The van der Waals surface area contributed by atoms with E-state index >= 15 is 0 Å². The Bertz CT molecular complexity index is 1010. The smallest absolute Gasteiger partial charge is 0.228 e. The predicted octanol–water partition coefficient (Wildman–Crippen LogP) is 3.67. The van der Waals surface area contributed by atoms with Gasteiger partial charge in [0.25, 0.3) is 0 Å². The molecular formula is C22H20F4N2O3. The number of hydrogen-bond donors (Lipinski definition) is 0. The Kier molecular flexibility index (Phi) is 5.84. The number of amides is 2. The van der Waals surface area contributed by atoms with Crippen LogP contribution in [0.3, 0.4) is 0 Å². The van der Waals surface area contributed by atoms with Gasteiger partial charge >= 0.3 is 0 Å². The fourth-order valence-corrected chi connectivity index (χ4v) is 4.01. The lowest BCUT2D eigenvalue weighted by Gasteiger charge is -2.33. The highest BCUT2D eigenvalue weighted by Gasteiger charge is 2.39. The largest absolute Gasteiger partial charge is 0.487 e. The number of benzene rings is 2. The summed E-state index contributed by atoms with van der Waals surface area (Å²) in [4.78, 5) is 28.0. The summed E-state index contributed by atoms with van der Waals surface area (Å²) in [5, 5.41) is 0. The maximum absolute atomic E-state index is 14.0. The average Bonchev–Trinajstić information content (AvgIpc) is 3.11. The van der Waals surface area contributed by atoms with Gasteiger partial charge in [0, 0.05) is 51.0 Å². The number of anilines is 1. The van der Waals surface area contributed by atoms with E-state index in [9.17, 15) is 27.2 Å². The van der Waals surface area contributed by atoms with Crippen LogP contribution < -0.4 is 9.64 Å². The Morgan fingerprint density at radius 1 is 0.935 bits per heavy atom. The molecule has 2 saturated heterocycles. The molecule has 0 saturated carbocycles. The van der Waals surface area contributed by atoms with Crippen molar-refractivity contribution in [3.05, 3.63) is 59.7 Å². The first-order chi connectivity index (χ1) is 14.8. The Morgan fingerprint density at radius 3 is 2.23 bits per heavy atom. The molecule has 2 aromatic carbocycles. The molecule has 2 aliphatic heterocycles. The van der Waals surface area contributed by atoms with Crippen LogP contribution in [0.15, 0.2) is 36.4 Å². The maximum Gasteiger partial charge on any atom is 0.228 e. The summed E-state index contributed by atoms with van der Waals surface area (Å²) >= 11 is 0. The molecule has 0 N–H and O–H groups in total. The minimum atomic E-state index is -0.854. The van der Waals surface area contributed by atoms with Crippen molar-refractivity contribution in [2.75, 3.05) is 24.5 Å². The molecule has 0 aliphatic carbocycles. The molecule has 9 heteroatoms. The number of rotatable bonds is 4. The van der Waals surface area contributed by atoms with Crippen LogP contribution >= 0.6 is 0 Å². The molecule has 164 valence electrons. The molecule has 1 unspecified atom stereocenters. The molecule has 31 heavy (non-hydrogen) atoms. The van der Waals surface area contributed by atoms with Crippen LogP contribution in [0.4, 0.5) is 23.2 Å². The predicted molar refractivity (Wildman–Crippen MR) is 103 cm³/mol. The van der Waals surface area contributed by atoms with E-state index < -0.39 is 35.1 Å². The highest BCUT2D eigenvalue weighted by Crippen LogP contribution is 2.30. The Morgan fingerprint density at radius 2 is 1.58 bits per heavy atom. The van der Waals surface area contributed by atoms with Crippen molar-refractivity contribution in [2.45, 2.75) is 25.4 Å². The Labute approximate surface area is 176 Å². The van der Waals surface area contributed by atoms with Crippen molar-refractivity contribution in [1.29, 1.82) is 0 Å². The van der Waals surface area contributed by atoms with Crippen molar-refractivity contribution < 1.29 is 31.9 Å². The van der Waals surface area contributed by atoms with E-state index in [2.05, 4.69) is 0 Å². The van der Waals surface area contributed by atoms with Crippen LogP contribution in [-0.2, 0) is 9.59 Å². The molecule has 4 rings (SSSR count). The monoisotopic (exact) mass is 436 g/mol. The molecule has 5 nitrogen and oxygen atoms in total. The van der Waals surface area contributed by atoms with E-state index in [4.69, 9.17) is 4.74 Å². The second-order valence-electron chi connectivity index (χ2n) is 7.72. The van der Waals surface area contributed by atoms with Gasteiger partial charge in [-0.1, -0.05) is 0 Å². The van der Waals surface area contributed by atoms with E-state index in [0.717, 1.165) is 18.2 Å². The van der Waals surface area contributed by atoms with Crippen molar-refractivity contribution in [3.63, 3.8) is 0 Å². The maximum atomic E-state index is 14.0. The second kappa shape index (κ2) is 8.56. The third-order valence-electron chi connectivity index (χ3n) is 5.62. The first kappa shape index (κ1) is 21.1. The summed E-state index contributed by atoms with van der Waals surface area (Å²) in [6, 6.07) is 6.05. The van der Waals surface area contributed by atoms with Gasteiger partial charge in [0.15, 0.2) is 11.6 Å². The van der Waals surface area contributed by atoms with Gasteiger partial charge < -0.3 is 14.5 Å². The standard InChI is InChI=1S/C22H20F4N2O3/c23-14-1-3-19(17(25)10-14)28-12-13(9-21(28)29)22(30)27-7-5-16(6-8-27)31-20-4-2-15(24)11-18(20)26/h1-4,10-11,13,16H,5-9,12H2. The van der Waals surface area contributed by atoms with Crippen LogP contribution in [0.1, 0.15) is 19.3 Å². The molecular weight excluding hydrogens is 416 g/mol. The molecule has 0 bridgehead atoms. The van der Waals surface area contributed by atoms with Gasteiger partial charge in [-0.3, -0.25) is 9.59 Å². The lowest BCUT2D eigenvalue weighted by atomic mass is 10.0. The van der Waals surface area contributed by atoms with Gasteiger partial charge in [0.2, 0.25) is 11.8 Å². The number of hydrogen-bond acceptors (Lipinski definition) is 3. The quantitative estimate of drug-likeness (QED) is 0.688. The average molecular weight is 436 g/mol. The molecule has 0 radical (unpaired) electrons. The first-order valence-corrected chi connectivity index (χ1v) is 9.97. The Balaban J connectivity index is 1.34. The summed E-state index contributed by atoms with van der Waals surface area (Å²) in [6.45, 7) is 0.751. The van der Waals surface area contributed by atoms with Crippen LogP contribution in [0.2, 0.25) is 0 Å². The van der Waals surface area contributed by atoms with Gasteiger partial charge in [0.05, 0.1) is 11.6 Å². The zero-order valence-corrected chi connectivity index (χ0v) is 16.5. The topological polar surface area (TPSA) is 49.9 Å². The van der Waals surface area contributed by atoms with E-state index in [-0.39, 0.29) is 36.4 Å². The van der Waals surface area contributed by atoms with E-state index in [1.54, 1.807) is 4.90 Å². The minimum Gasteiger partial charge on any atom is -0.487 e. The zero-order valence-electron chi connectivity index (χ0n) is 16.5. The first-order valence-electron chi connectivity index (χ1n) is 9.97. The lowest BCUT2D eigenvalue weighted by Crippen LogP contribution is -2.45. The van der Waals surface area contributed by atoms with Crippen molar-refractivity contribution in [1.82, 2.24) is 4.90 Å². The van der Waals surface area contributed by atoms with E-state index in [0.29, 0.717) is 32.0 Å². The third-order valence-corrected chi connectivity index (χ3v) is 5.62. The molecule has 2 amide bonds. The summed E-state index contributed by atoms with van der Waals surface area (Å²) in [6.07, 6.45) is 0.547. The van der Waals surface area contributed by atoms with E-state index in [1.807, 2.05) is 0 Å². The van der Waals surface area contributed by atoms with Gasteiger partial charge in [-0.15, -0.1) is 0 Å². The number of ether oxygens (including phenoxy) is 1. The van der Waals surface area contributed by atoms with E-state index in [1.165, 1.54) is 17.0 Å². The number of carbonyl (C=O) groups excluding carboxylic acids is 2. The molecule has 1 atom stereocenters. The molecule has 2 fully saturated rings. The fourth-order valence-electron chi connectivity index (χ4n) is 4.01. The fraction of sp³-hybridized carbons (Fsp3) is 0.364. The minimum absolute atomic E-state index is 0.0252. The van der Waals surface area contributed by atoms with Crippen LogP contribution in [0.5, 0.6) is 5.75 Å². The highest BCUT2D eigenvalue weighted by atomic mass is 19.1. The number of nitrogens with zero attached hydrogens (tertiary/aromatic N) is 2. The molecule has 0 aromatic heterocycles. The van der Waals surface area contributed by atoms with Crippen LogP contribution in [0, 0.1) is 29.2 Å². The van der Waals surface area contributed by atoms with Crippen LogP contribution in [0.25, 0.3) is 0 Å². The number of carbonyl (C=O) groups is 2. The van der Waals surface area contributed by atoms with Crippen molar-refractivity contribution in [2.24, 2.45) is 5.92 Å². The van der Waals surface area contributed by atoms with Gasteiger partial charge in [-0.25, -0.2) is 17.6 Å². The van der Waals surface area contributed by atoms with Crippen molar-refractivity contribution >= 4 is 17.5 Å². The number of halogens is 4. The molecule has 2 heterocycles. The summed E-state index contributed by atoms with van der Waals surface area (Å²) < 4.78 is 59.5. The molecule has 2 aromatic rings. The van der Waals surface area contributed by atoms with Gasteiger partial charge in [0.1, 0.15) is 23.6 Å². The molecule has 2 aliphatic rings. The summed E-state index contributed by atoms with van der Waals surface area (Å²) in [5.41, 5.74) is -0.0462. The second-order valence-corrected chi connectivity index (χ2v) is 7.72. The summed E-state index contributed by atoms with van der Waals surface area (Å²) in [5.74, 6) is -4.34.